The van der Waals surface area contributed by atoms with Crippen LogP contribution in [0.4, 0.5) is 0 Å². The Morgan fingerprint density at radius 2 is 1.76 bits per heavy atom. The second kappa shape index (κ2) is 5.66. The first-order valence-corrected chi connectivity index (χ1v) is 4.77. The van der Waals surface area contributed by atoms with Crippen molar-refractivity contribution in [2.24, 2.45) is 5.73 Å². The summed E-state index contributed by atoms with van der Waals surface area (Å²) in [4.78, 5) is 21.4. The first-order chi connectivity index (χ1) is 8.06. The number of carboxylic acids is 2. The summed E-state index contributed by atoms with van der Waals surface area (Å²) in [6.07, 6.45) is 1.96. The highest BCUT2D eigenvalue weighted by Gasteiger charge is 2.04. The van der Waals surface area contributed by atoms with Gasteiger partial charge in [-0.25, -0.2) is 9.59 Å². The Bertz CT molecular complexity index is 521. The van der Waals surface area contributed by atoms with Gasteiger partial charge in [-0.15, -0.1) is 0 Å². The first-order valence-electron chi connectivity index (χ1n) is 4.77. The summed E-state index contributed by atoms with van der Waals surface area (Å²) in [5, 5.41) is 16.0. The third-order valence-electron chi connectivity index (χ3n) is 2.08. The third kappa shape index (κ3) is 3.32. The molecule has 0 unspecified atom stereocenters. The maximum atomic E-state index is 9.10. The van der Waals surface area contributed by atoms with Gasteiger partial charge in [0.2, 0.25) is 0 Å². The Hall–Kier alpha value is -2.34. The van der Waals surface area contributed by atoms with E-state index in [1.165, 1.54) is 10.9 Å². The van der Waals surface area contributed by atoms with Crippen molar-refractivity contribution in [3.63, 3.8) is 0 Å². The predicted molar refractivity (Wildman–Crippen MR) is 61.5 cm³/mol. The molecule has 1 heterocycles. The molecule has 0 amide bonds. The number of benzene rings is 1. The average molecular weight is 236 g/mol. The molecule has 1 aromatic carbocycles. The molecule has 0 radical (unpaired) electrons. The van der Waals surface area contributed by atoms with Crippen LogP contribution in [0, 0.1) is 0 Å². The first kappa shape index (κ1) is 12.7. The van der Waals surface area contributed by atoms with Gasteiger partial charge in [0.05, 0.1) is 0 Å². The van der Waals surface area contributed by atoms with Crippen LogP contribution in [-0.4, -0.2) is 27.1 Å². The summed E-state index contributed by atoms with van der Waals surface area (Å²) in [5.41, 5.74) is 7.88. The molecule has 0 fully saturated rings. The Balaban J connectivity index is 0.000000209. The Morgan fingerprint density at radius 3 is 2.29 bits per heavy atom. The van der Waals surface area contributed by atoms with Crippen LogP contribution in [0.25, 0.3) is 10.9 Å². The maximum absolute atomic E-state index is 9.10. The molecule has 2 aromatic rings. The van der Waals surface area contributed by atoms with Crippen molar-refractivity contribution in [2.45, 2.75) is 6.54 Å². The molecular weight excluding hydrogens is 224 g/mol. The Labute approximate surface area is 96.7 Å². The van der Waals surface area contributed by atoms with Crippen molar-refractivity contribution in [1.29, 1.82) is 0 Å². The van der Waals surface area contributed by atoms with E-state index in [2.05, 4.69) is 17.1 Å². The number of hydrogen-bond acceptors (Lipinski definition) is 3. The summed E-state index contributed by atoms with van der Waals surface area (Å²) in [5.74, 6) is -3.65. The van der Waals surface area contributed by atoms with E-state index in [9.17, 15) is 0 Å². The number of H-pyrrole nitrogens is 1. The topological polar surface area (TPSA) is 116 Å². The number of aliphatic carboxylic acids is 2. The molecule has 0 atom stereocenters. The summed E-state index contributed by atoms with van der Waals surface area (Å²) >= 11 is 0. The zero-order valence-corrected chi connectivity index (χ0v) is 8.88. The summed E-state index contributed by atoms with van der Waals surface area (Å²) in [6.45, 7) is 0.601. The van der Waals surface area contributed by atoms with E-state index in [1.54, 1.807) is 0 Å². The van der Waals surface area contributed by atoms with Gasteiger partial charge in [-0.05, 0) is 11.6 Å². The van der Waals surface area contributed by atoms with Crippen molar-refractivity contribution in [2.75, 3.05) is 0 Å². The number of fused-ring (bicyclic) bond motifs is 1. The van der Waals surface area contributed by atoms with Crippen molar-refractivity contribution in [3.05, 3.63) is 36.0 Å². The molecule has 6 nitrogen and oxygen atoms in total. The highest BCUT2D eigenvalue weighted by Crippen LogP contribution is 2.16. The second-order valence-corrected chi connectivity index (χ2v) is 3.17. The van der Waals surface area contributed by atoms with Crippen LogP contribution in [0.15, 0.2) is 30.5 Å². The van der Waals surface area contributed by atoms with Crippen LogP contribution in [0.3, 0.4) is 0 Å². The van der Waals surface area contributed by atoms with E-state index < -0.39 is 11.9 Å². The van der Waals surface area contributed by atoms with Crippen molar-refractivity contribution >= 4 is 22.8 Å². The van der Waals surface area contributed by atoms with Gasteiger partial charge >= 0.3 is 11.9 Å². The molecule has 5 N–H and O–H groups in total. The number of aromatic nitrogens is 1. The summed E-state index contributed by atoms with van der Waals surface area (Å²) < 4.78 is 0. The average Bonchev–Trinajstić information content (AvgIpc) is 2.72. The van der Waals surface area contributed by atoms with Crippen LogP contribution in [-0.2, 0) is 16.1 Å². The van der Waals surface area contributed by atoms with Gasteiger partial charge in [0.25, 0.3) is 0 Å². The predicted octanol–water partition coefficient (Wildman–Crippen LogP) is 0.782. The number of carbonyl (C=O) groups is 2. The van der Waals surface area contributed by atoms with E-state index in [1.807, 2.05) is 18.3 Å². The fraction of sp³-hybridized carbons (Fsp3) is 0.0909. The number of nitrogens with two attached hydrogens (primary N) is 1. The fourth-order valence-electron chi connectivity index (χ4n) is 1.30. The molecule has 90 valence electrons. The number of para-hydroxylation sites is 1. The van der Waals surface area contributed by atoms with E-state index in [0.717, 1.165) is 5.52 Å². The summed E-state index contributed by atoms with van der Waals surface area (Å²) in [7, 11) is 0. The number of nitrogens with one attached hydrogen (secondary N) is 1. The van der Waals surface area contributed by atoms with Gasteiger partial charge in [0.15, 0.2) is 0 Å². The van der Waals surface area contributed by atoms with Crippen molar-refractivity contribution in [1.82, 2.24) is 4.98 Å². The minimum Gasteiger partial charge on any atom is -0.473 e. The van der Waals surface area contributed by atoms with E-state index >= 15 is 0 Å². The zero-order chi connectivity index (χ0) is 12.8. The number of carboxylic acid groups (broad SMARTS) is 2. The number of rotatable bonds is 1. The lowest BCUT2D eigenvalue weighted by Gasteiger charge is -1.90. The normalized spacial score (nSPS) is 9.47. The van der Waals surface area contributed by atoms with Crippen LogP contribution in [0.1, 0.15) is 5.56 Å². The van der Waals surface area contributed by atoms with Gasteiger partial charge in [-0.3, -0.25) is 0 Å². The quantitative estimate of drug-likeness (QED) is 0.546. The standard InChI is InChI=1S/C9H10N2.C2H2O4/c10-5-7-6-11-9-4-2-1-3-8(7)9;3-1(4)2(5)6/h1-4,6,11H,5,10H2;(H,3,4)(H,5,6). The Kier molecular flexibility index (Phi) is 4.24. The van der Waals surface area contributed by atoms with Crippen LogP contribution in [0.5, 0.6) is 0 Å². The molecule has 0 aliphatic heterocycles. The smallest absolute Gasteiger partial charge is 0.414 e. The highest BCUT2D eigenvalue weighted by molar-refractivity contribution is 6.27. The third-order valence-corrected chi connectivity index (χ3v) is 2.08. The van der Waals surface area contributed by atoms with Crippen molar-refractivity contribution in [3.8, 4) is 0 Å². The van der Waals surface area contributed by atoms with E-state index in [4.69, 9.17) is 25.5 Å². The highest BCUT2D eigenvalue weighted by atomic mass is 16.4. The minimum atomic E-state index is -1.82. The number of hydrogen-bond donors (Lipinski definition) is 4. The van der Waals surface area contributed by atoms with Crippen LogP contribution >= 0.6 is 0 Å². The molecule has 0 spiro atoms. The monoisotopic (exact) mass is 236 g/mol. The largest absolute Gasteiger partial charge is 0.473 e. The minimum absolute atomic E-state index is 0.601. The van der Waals surface area contributed by atoms with E-state index in [0.29, 0.717) is 6.54 Å². The van der Waals surface area contributed by atoms with Gasteiger partial charge < -0.3 is 20.9 Å². The van der Waals surface area contributed by atoms with Gasteiger partial charge in [0, 0.05) is 23.6 Å². The molecule has 0 aliphatic rings. The maximum Gasteiger partial charge on any atom is 0.414 e. The fourth-order valence-corrected chi connectivity index (χ4v) is 1.30. The molecule has 2 rings (SSSR count). The van der Waals surface area contributed by atoms with Crippen LogP contribution in [0.2, 0.25) is 0 Å². The molecular formula is C11H12N2O4. The molecule has 6 heteroatoms. The molecule has 0 saturated carbocycles. The van der Waals surface area contributed by atoms with Gasteiger partial charge in [-0.1, -0.05) is 18.2 Å². The lowest BCUT2D eigenvalue weighted by molar-refractivity contribution is -0.159. The lowest BCUT2D eigenvalue weighted by atomic mass is 10.2. The molecule has 0 aliphatic carbocycles. The summed E-state index contributed by atoms with van der Waals surface area (Å²) in [6, 6.07) is 8.16. The van der Waals surface area contributed by atoms with Crippen LogP contribution < -0.4 is 5.73 Å². The lowest BCUT2D eigenvalue weighted by Crippen LogP contribution is -2.09. The second-order valence-electron chi connectivity index (χ2n) is 3.17. The Morgan fingerprint density at radius 1 is 1.18 bits per heavy atom. The molecule has 1 aromatic heterocycles. The molecule has 17 heavy (non-hydrogen) atoms. The van der Waals surface area contributed by atoms with E-state index in [-0.39, 0.29) is 0 Å². The SMILES string of the molecule is NCc1c[nH]c2ccccc12.O=C(O)C(=O)O. The molecule has 0 saturated heterocycles. The van der Waals surface area contributed by atoms with Crippen molar-refractivity contribution < 1.29 is 19.8 Å². The van der Waals surface area contributed by atoms with Gasteiger partial charge in [0.1, 0.15) is 0 Å². The molecule has 0 bridgehead atoms. The number of aromatic amines is 1. The zero-order valence-electron chi connectivity index (χ0n) is 8.88. The van der Waals surface area contributed by atoms with Gasteiger partial charge in [-0.2, -0.15) is 0 Å².